The van der Waals surface area contributed by atoms with Gasteiger partial charge in [-0.3, -0.25) is 4.40 Å². The molecule has 0 bridgehead atoms. The number of nitrogen functional groups attached to an aromatic ring is 1. The van der Waals surface area contributed by atoms with E-state index in [1.165, 1.54) is 0 Å². The minimum atomic E-state index is 0.460. The zero-order valence-electron chi connectivity index (χ0n) is 8.35. The van der Waals surface area contributed by atoms with Gasteiger partial charge in [-0.25, -0.2) is 0 Å². The quantitative estimate of drug-likeness (QED) is 0.703. The molecule has 1 aliphatic heterocycles. The fraction of sp³-hybridized carbons (Fsp3) is 0.400. The van der Waals surface area contributed by atoms with Crippen LogP contribution in [-0.2, 0) is 0 Å². The van der Waals surface area contributed by atoms with Crippen molar-refractivity contribution in [3.63, 3.8) is 0 Å². The van der Waals surface area contributed by atoms with E-state index in [9.17, 15) is 0 Å². The van der Waals surface area contributed by atoms with Gasteiger partial charge < -0.3 is 11.1 Å². The minimum absolute atomic E-state index is 0.460. The second kappa shape index (κ2) is 3.20. The number of fused-ring (bicyclic) bond motifs is 1. The van der Waals surface area contributed by atoms with Crippen molar-refractivity contribution in [2.75, 3.05) is 18.8 Å². The van der Waals surface area contributed by atoms with E-state index >= 15 is 0 Å². The molecule has 3 N–H and O–H groups in total. The number of pyridine rings is 1. The molecule has 1 fully saturated rings. The first kappa shape index (κ1) is 8.67. The van der Waals surface area contributed by atoms with Gasteiger partial charge in [-0.15, -0.1) is 10.2 Å². The summed E-state index contributed by atoms with van der Waals surface area (Å²) < 4.78 is 1.99. The van der Waals surface area contributed by atoms with Crippen molar-refractivity contribution in [2.45, 2.75) is 12.3 Å². The first-order chi connectivity index (χ1) is 7.36. The van der Waals surface area contributed by atoms with Crippen LogP contribution in [0.2, 0.25) is 0 Å². The molecule has 3 rings (SSSR count). The zero-order valence-corrected chi connectivity index (χ0v) is 8.35. The van der Waals surface area contributed by atoms with Gasteiger partial charge >= 0.3 is 0 Å². The first-order valence-corrected chi connectivity index (χ1v) is 5.16. The van der Waals surface area contributed by atoms with E-state index in [1.807, 2.05) is 22.7 Å². The number of aromatic nitrogens is 3. The lowest BCUT2D eigenvalue weighted by atomic mass is 10.1. The van der Waals surface area contributed by atoms with Crippen molar-refractivity contribution in [3.05, 3.63) is 24.2 Å². The molecule has 1 atom stereocenters. The maximum atomic E-state index is 5.83. The zero-order chi connectivity index (χ0) is 10.3. The van der Waals surface area contributed by atoms with Crippen LogP contribution in [0, 0.1) is 0 Å². The highest BCUT2D eigenvalue weighted by molar-refractivity contribution is 5.63. The summed E-state index contributed by atoms with van der Waals surface area (Å²) in [5.41, 5.74) is 7.28. The van der Waals surface area contributed by atoms with Crippen molar-refractivity contribution in [1.29, 1.82) is 0 Å². The van der Waals surface area contributed by atoms with E-state index in [1.54, 1.807) is 0 Å². The molecule has 5 heteroatoms. The summed E-state index contributed by atoms with van der Waals surface area (Å²) in [5.74, 6) is 1.48. The van der Waals surface area contributed by atoms with Crippen LogP contribution in [-0.4, -0.2) is 27.7 Å². The molecule has 78 valence electrons. The van der Waals surface area contributed by atoms with Gasteiger partial charge in [-0.1, -0.05) is 0 Å². The lowest BCUT2D eigenvalue weighted by Gasteiger charge is -2.05. The number of nitrogens with zero attached hydrogens (tertiary/aromatic N) is 3. The molecule has 1 saturated heterocycles. The Morgan fingerprint density at radius 2 is 2.40 bits per heavy atom. The van der Waals surface area contributed by atoms with Gasteiger partial charge in [0.2, 0.25) is 0 Å². The van der Waals surface area contributed by atoms with Crippen molar-refractivity contribution in [1.82, 2.24) is 19.9 Å². The molecule has 2 aromatic rings. The summed E-state index contributed by atoms with van der Waals surface area (Å²) in [6.07, 6.45) is 3.09. The molecular weight excluding hydrogens is 190 g/mol. The Bertz CT molecular complexity index is 484. The number of hydrogen-bond acceptors (Lipinski definition) is 4. The fourth-order valence-electron chi connectivity index (χ4n) is 2.11. The first-order valence-electron chi connectivity index (χ1n) is 5.16. The third kappa shape index (κ3) is 1.27. The summed E-state index contributed by atoms with van der Waals surface area (Å²) in [4.78, 5) is 0. The van der Waals surface area contributed by atoms with Crippen LogP contribution < -0.4 is 11.1 Å². The minimum Gasteiger partial charge on any atom is -0.396 e. The maximum absolute atomic E-state index is 5.83. The van der Waals surface area contributed by atoms with E-state index in [-0.39, 0.29) is 0 Å². The standard InChI is InChI=1S/C10H13N5/c11-8-2-1-5-15-9(13-14-10(8)15)7-3-4-12-6-7/h1-2,5,7,12H,3-4,6,11H2. The maximum Gasteiger partial charge on any atom is 0.183 e. The molecule has 0 spiro atoms. The third-order valence-electron chi connectivity index (χ3n) is 2.92. The van der Waals surface area contributed by atoms with E-state index in [4.69, 9.17) is 5.73 Å². The molecule has 15 heavy (non-hydrogen) atoms. The molecule has 0 aromatic carbocycles. The van der Waals surface area contributed by atoms with Crippen LogP contribution >= 0.6 is 0 Å². The van der Waals surface area contributed by atoms with Crippen LogP contribution in [0.25, 0.3) is 5.65 Å². The summed E-state index contributed by atoms with van der Waals surface area (Å²) in [5, 5.41) is 11.7. The molecule has 3 heterocycles. The van der Waals surface area contributed by atoms with Crippen molar-refractivity contribution in [2.24, 2.45) is 0 Å². The van der Waals surface area contributed by atoms with Crippen molar-refractivity contribution in [3.8, 4) is 0 Å². The van der Waals surface area contributed by atoms with E-state index in [0.717, 1.165) is 31.0 Å². The number of hydrogen-bond donors (Lipinski definition) is 2. The van der Waals surface area contributed by atoms with Gasteiger partial charge in [-0.2, -0.15) is 0 Å². The van der Waals surface area contributed by atoms with E-state index in [0.29, 0.717) is 11.6 Å². The highest BCUT2D eigenvalue weighted by atomic mass is 15.3. The van der Waals surface area contributed by atoms with Gasteiger partial charge in [0.25, 0.3) is 0 Å². The van der Waals surface area contributed by atoms with Crippen LogP contribution in [0.15, 0.2) is 18.3 Å². The normalized spacial score (nSPS) is 21.2. The second-order valence-corrected chi connectivity index (χ2v) is 3.91. The van der Waals surface area contributed by atoms with E-state index < -0.39 is 0 Å². The Labute approximate surface area is 87.3 Å². The average Bonchev–Trinajstić information content (AvgIpc) is 2.85. The Morgan fingerprint density at radius 3 is 3.20 bits per heavy atom. The molecule has 0 aliphatic carbocycles. The lowest BCUT2D eigenvalue weighted by Crippen LogP contribution is -2.10. The average molecular weight is 203 g/mol. The largest absolute Gasteiger partial charge is 0.396 e. The Morgan fingerprint density at radius 1 is 1.47 bits per heavy atom. The molecule has 0 radical (unpaired) electrons. The van der Waals surface area contributed by atoms with Crippen LogP contribution in [0.3, 0.4) is 0 Å². The number of nitrogens with one attached hydrogen (secondary N) is 1. The Hall–Kier alpha value is -1.62. The van der Waals surface area contributed by atoms with Gasteiger partial charge in [0, 0.05) is 18.7 Å². The SMILES string of the molecule is Nc1cccn2c(C3CCNC3)nnc12. The Balaban J connectivity index is 2.15. The summed E-state index contributed by atoms with van der Waals surface area (Å²) in [6.45, 7) is 2.04. The molecule has 0 saturated carbocycles. The van der Waals surface area contributed by atoms with Gasteiger partial charge in [0.15, 0.2) is 5.65 Å². The topological polar surface area (TPSA) is 68.2 Å². The summed E-state index contributed by atoms with van der Waals surface area (Å²) in [7, 11) is 0. The summed E-state index contributed by atoms with van der Waals surface area (Å²) >= 11 is 0. The van der Waals surface area contributed by atoms with Crippen LogP contribution in [0.1, 0.15) is 18.2 Å². The smallest absolute Gasteiger partial charge is 0.183 e. The second-order valence-electron chi connectivity index (χ2n) is 3.91. The number of rotatable bonds is 1. The molecule has 5 nitrogen and oxygen atoms in total. The highest BCUT2D eigenvalue weighted by Gasteiger charge is 2.22. The Kier molecular flexibility index (Phi) is 1.85. The lowest BCUT2D eigenvalue weighted by molar-refractivity contribution is 0.691. The van der Waals surface area contributed by atoms with Gasteiger partial charge in [0.05, 0.1) is 5.69 Å². The predicted octanol–water partition coefficient (Wildman–Crippen LogP) is 0.388. The van der Waals surface area contributed by atoms with Crippen molar-refractivity contribution >= 4 is 11.3 Å². The molecule has 1 unspecified atom stereocenters. The summed E-state index contributed by atoms with van der Waals surface area (Å²) in [6, 6.07) is 3.78. The molecule has 2 aromatic heterocycles. The van der Waals surface area contributed by atoms with E-state index in [2.05, 4.69) is 15.5 Å². The number of nitrogens with two attached hydrogens (primary N) is 1. The third-order valence-corrected chi connectivity index (χ3v) is 2.92. The molecule has 0 amide bonds. The fourth-order valence-corrected chi connectivity index (χ4v) is 2.11. The molecular formula is C10H13N5. The van der Waals surface area contributed by atoms with Crippen molar-refractivity contribution < 1.29 is 0 Å². The van der Waals surface area contributed by atoms with Crippen LogP contribution in [0.4, 0.5) is 5.69 Å². The number of anilines is 1. The van der Waals surface area contributed by atoms with Crippen LogP contribution in [0.5, 0.6) is 0 Å². The monoisotopic (exact) mass is 203 g/mol. The predicted molar refractivity (Wildman–Crippen MR) is 57.6 cm³/mol. The molecule has 1 aliphatic rings. The highest BCUT2D eigenvalue weighted by Crippen LogP contribution is 2.22. The van der Waals surface area contributed by atoms with Gasteiger partial charge in [-0.05, 0) is 25.1 Å². The van der Waals surface area contributed by atoms with Gasteiger partial charge in [0.1, 0.15) is 5.82 Å².